The predicted molar refractivity (Wildman–Crippen MR) is 245 cm³/mol. The first-order valence-electron chi connectivity index (χ1n) is 22.9. The van der Waals surface area contributed by atoms with Gasteiger partial charge >= 0.3 is 29.6 Å². The van der Waals surface area contributed by atoms with Crippen LogP contribution in [-0.2, 0) is 68.0 Å². The van der Waals surface area contributed by atoms with Crippen LogP contribution in [0.25, 0.3) is 0 Å². The SMILES string of the molecule is CC(C)C(CCN1C(=O)C=CC1=O)NO.CC(C)C(OO)N1C(=O)C=CC1=O.CC(C)C(OO)N1C(=O)CC(S(=O)(=O)[O-])C1=O.CC(C)C(OO)N1C(=O)CCC1=O.Cc1c(F)c(F)c(C(OO)C(C)C)c(F)c1F.[Na+]. The molecule has 2 fully saturated rings. The largest absolute Gasteiger partial charge is 1.00 e. The number of hydroxylamine groups is 1. The summed E-state index contributed by atoms with van der Waals surface area (Å²) in [5.74, 6) is -11.1. The molecule has 5 rings (SSSR count). The Bertz CT molecular complexity index is 2300. The van der Waals surface area contributed by atoms with E-state index in [-0.39, 0.29) is 89.8 Å². The van der Waals surface area contributed by atoms with Gasteiger partial charge in [-0.15, -0.1) is 0 Å². The third-order valence-corrected chi connectivity index (χ3v) is 12.3. The van der Waals surface area contributed by atoms with Crippen LogP contribution in [0.1, 0.15) is 112 Å². The van der Waals surface area contributed by atoms with Crippen LogP contribution in [0.5, 0.6) is 0 Å². The van der Waals surface area contributed by atoms with Crippen LogP contribution in [0.3, 0.4) is 0 Å². The Hall–Kier alpha value is -4.51. The van der Waals surface area contributed by atoms with Gasteiger partial charge in [0.15, 0.2) is 42.0 Å². The number of halogens is 4. The second-order valence-electron chi connectivity index (χ2n) is 18.5. The molecule has 6 unspecified atom stereocenters. The van der Waals surface area contributed by atoms with Crippen molar-refractivity contribution in [3.63, 3.8) is 0 Å². The molecule has 6 atom stereocenters. The molecule has 0 radical (unpaired) electrons. The number of carbonyl (C=O) groups excluding carboxylic acids is 8. The predicted octanol–water partition coefficient (Wildman–Crippen LogP) is 1.17. The zero-order chi connectivity index (χ0) is 58.1. The molecule has 8 amide bonds. The molecule has 31 heteroatoms. The number of benzene rings is 1. The van der Waals surface area contributed by atoms with Gasteiger partial charge < -0.3 is 9.76 Å². The maximum atomic E-state index is 13.5. The van der Waals surface area contributed by atoms with Crippen molar-refractivity contribution in [1.82, 2.24) is 25.1 Å². The first kappa shape index (κ1) is 71.5. The minimum Gasteiger partial charge on any atom is -0.747 e. The minimum absolute atomic E-state index is 0. The molecular formula is C45H64F4N5NaO20S. The number of amides is 8. The van der Waals surface area contributed by atoms with E-state index < -0.39 is 116 Å². The molecule has 0 aliphatic carbocycles. The van der Waals surface area contributed by atoms with Crippen LogP contribution in [0.2, 0.25) is 0 Å². The molecular weight excluding hydrogens is 1060 g/mol. The fourth-order valence-corrected chi connectivity index (χ4v) is 7.75. The van der Waals surface area contributed by atoms with Crippen LogP contribution in [-0.4, -0.2) is 143 Å². The van der Waals surface area contributed by atoms with Crippen LogP contribution in [0.15, 0.2) is 24.3 Å². The van der Waals surface area contributed by atoms with E-state index in [0.29, 0.717) is 17.9 Å². The maximum absolute atomic E-state index is 13.5. The first-order chi connectivity index (χ1) is 34.7. The second-order valence-corrected chi connectivity index (χ2v) is 20.1. The quantitative estimate of drug-likeness (QED) is 0.0228. The summed E-state index contributed by atoms with van der Waals surface area (Å²) in [6.07, 6.45) is 0.575. The normalized spacial score (nSPS) is 18.5. The van der Waals surface area contributed by atoms with Crippen molar-refractivity contribution in [2.24, 2.45) is 29.6 Å². The standard InChI is InChI=1S/C11H12F4O2.C10H16N2O3.C8H13NO7S.C8H13NO4.C8H11NO4.Na/c1-4(2)11(17-16)6-9(14)7(12)5(3)8(13)10(6)15;1-7(2)8(11-15)5-6-12-9(13)3-4-10(12)14;1-4(2)8(16-12)9-6(10)3-5(7(9)11)17(13,14)15;2*1-5(2)8(13-12)9-6(10)3-4-7(9)11;/h4,11,16H,1-3H3;3-4,7-8,11,15H,5-6H2,1-2H3;4-5,8,12H,3H2,1-2H3,(H,13,14,15);5,8,12H,3-4H2,1-2H3;3-5,8,12H,1-2H3;/q;;;;;+1/p-1. The first-order valence-corrected chi connectivity index (χ1v) is 24.4. The molecule has 1 aromatic rings. The molecule has 1 aromatic carbocycles. The van der Waals surface area contributed by atoms with Gasteiger partial charge in [0.25, 0.3) is 23.6 Å². The van der Waals surface area contributed by atoms with Gasteiger partial charge in [-0.05, 0) is 25.2 Å². The average Bonchev–Trinajstić information content (AvgIpc) is 4.04. The van der Waals surface area contributed by atoms with E-state index in [1.54, 1.807) is 41.5 Å². The third-order valence-electron chi connectivity index (χ3n) is 11.3. The Morgan fingerprint density at radius 1 is 0.592 bits per heavy atom. The molecule has 424 valence electrons. The second kappa shape index (κ2) is 32.4. The number of likely N-dealkylation sites (tertiary alicyclic amines) is 2. The fourth-order valence-electron chi connectivity index (χ4n) is 7.04. The van der Waals surface area contributed by atoms with Crippen LogP contribution in [0.4, 0.5) is 17.6 Å². The summed E-state index contributed by atoms with van der Waals surface area (Å²) in [5.41, 5.74) is 0.498. The smallest absolute Gasteiger partial charge is 0.747 e. The maximum Gasteiger partial charge on any atom is 1.00 e. The van der Waals surface area contributed by atoms with Gasteiger partial charge in [0.2, 0.25) is 23.6 Å². The molecule has 0 bridgehead atoms. The van der Waals surface area contributed by atoms with Gasteiger partial charge in [-0.3, -0.25) is 58.3 Å². The van der Waals surface area contributed by atoms with Crippen LogP contribution >= 0.6 is 0 Å². The van der Waals surface area contributed by atoms with Crippen molar-refractivity contribution in [3.8, 4) is 0 Å². The molecule has 4 aliphatic heterocycles. The Balaban J connectivity index is 0.000000926. The third kappa shape index (κ3) is 18.9. The number of carbonyl (C=O) groups is 8. The van der Waals surface area contributed by atoms with Gasteiger partial charge in [0.1, 0.15) is 21.5 Å². The van der Waals surface area contributed by atoms with Gasteiger partial charge in [0, 0.05) is 73.0 Å². The van der Waals surface area contributed by atoms with Crippen molar-refractivity contribution in [1.29, 1.82) is 0 Å². The van der Waals surface area contributed by atoms with Crippen molar-refractivity contribution >= 4 is 57.4 Å². The number of hydrogen-bond acceptors (Lipinski definition) is 21. The van der Waals surface area contributed by atoms with E-state index in [1.165, 1.54) is 30.9 Å². The topological polar surface area (TPSA) is 357 Å². The van der Waals surface area contributed by atoms with Crippen molar-refractivity contribution < 1.29 is 144 Å². The molecule has 6 N–H and O–H groups in total. The number of nitrogens with zero attached hydrogens (tertiary/aromatic N) is 4. The Kier molecular flexibility index (Phi) is 30.5. The number of rotatable bonds is 18. The number of hydrogen-bond donors (Lipinski definition) is 6. The molecule has 0 aromatic heterocycles. The molecule has 25 nitrogen and oxygen atoms in total. The van der Waals surface area contributed by atoms with Crippen molar-refractivity contribution in [3.05, 3.63) is 58.7 Å². The molecule has 0 saturated carbocycles. The molecule has 76 heavy (non-hydrogen) atoms. The van der Waals surface area contributed by atoms with Crippen LogP contribution in [0, 0.1) is 59.8 Å². The molecule has 4 aliphatic rings. The van der Waals surface area contributed by atoms with E-state index in [0.717, 1.165) is 28.9 Å². The van der Waals surface area contributed by atoms with Crippen molar-refractivity contribution in [2.75, 3.05) is 6.54 Å². The zero-order valence-electron chi connectivity index (χ0n) is 43.8. The average molecular weight is 1130 g/mol. The number of nitrogens with one attached hydrogen (secondary N) is 1. The molecule has 4 heterocycles. The Morgan fingerprint density at radius 2 is 0.974 bits per heavy atom. The van der Waals surface area contributed by atoms with E-state index >= 15 is 0 Å². The molecule has 2 saturated heterocycles. The number of imide groups is 4. The van der Waals surface area contributed by atoms with Gasteiger partial charge in [0.05, 0.1) is 12.0 Å². The molecule has 0 spiro atoms. The van der Waals surface area contributed by atoms with E-state index in [2.05, 4.69) is 25.0 Å². The summed E-state index contributed by atoms with van der Waals surface area (Å²) in [4.78, 5) is 110. The summed E-state index contributed by atoms with van der Waals surface area (Å²) in [5, 5.41) is 41.2. The fraction of sp³-hybridized carbons (Fsp3) is 0.600. The van der Waals surface area contributed by atoms with Crippen molar-refractivity contribution in [2.45, 2.75) is 138 Å². The monoisotopic (exact) mass is 1130 g/mol. The summed E-state index contributed by atoms with van der Waals surface area (Å²) >= 11 is 0. The van der Waals surface area contributed by atoms with E-state index in [9.17, 15) is 68.9 Å². The Morgan fingerprint density at radius 3 is 1.29 bits per heavy atom. The van der Waals surface area contributed by atoms with Crippen LogP contribution < -0.4 is 35.0 Å². The van der Waals surface area contributed by atoms with Gasteiger partial charge in [-0.25, -0.2) is 71.7 Å². The van der Waals surface area contributed by atoms with E-state index in [4.69, 9.17) is 26.2 Å². The summed E-state index contributed by atoms with van der Waals surface area (Å²) in [6, 6.07) is -0.105. The summed E-state index contributed by atoms with van der Waals surface area (Å²) in [6.45, 7) is 18.2. The summed E-state index contributed by atoms with van der Waals surface area (Å²) in [7, 11) is -4.88. The zero-order valence-corrected chi connectivity index (χ0v) is 46.6. The Labute approximate surface area is 457 Å². The summed E-state index contributed by atoms with van der Waals surface area (Å²) < 4.78 is 85.9. The van der Waals surface area contributed by atoms with E-state index in [1.807, 2.05) is 13.8 Å². The minimum atomic E-state index is -4.88. The van der Waals surface area contributed by atoms with Gasteiger partial charge in [-0.2, -0.15) is 0 Å². The van der Waals surface area contributed by atoms with Gasteiger partial charge in [-0.1, -0.05) is 69.2 Å².